The second kappa shape index (κ2) is 5.14. The van der Waals surface area contributed by atoms with E-state index in [9.17, 15) is 9.18 Å². The molecule has 4 nitrogen and oxygen atoms in total. The first kappa shape index (κ1) is 12.5. The molecule has 1 aromatic carbocycles. The standard InChI is InChI=1S/C12H9BrFN3O/c13-8-2-1-5-16-11(8)12(18)17-10-6-7(15)3-4-9(10)14/h1-6H,15H2,(H,17,18). The minimum Gasteiger partial charge on any atom is -0.399 e. The SMILES string of the molecule is Nc1ccc(F)c(NC(=O)c2ncccc2Br)c1. The quantitative estimate of drug-likeness (QED) is 0.838. The summed E-state index contributed by atoms with van der Waals surface area (Å²) in [4.78, 5) is 15.8. The van der Waals surface area contributed by atoms with E-state index >= 15 is 0 Å². The van der Waals surface area contributed by atoms with Gasteiger partial charge in [-0.25, -0.2) is 9.37 Å². The van der Waals surface area contributed by atoms with Crippen molar-refractivity contribution in [2.75, 3.05) is 11.1 Å². The van der Waals surface area contributed by atoms with E-state index in [2.05, 4.69) is 26.2 Å². The lowest BCUT2D eigenvalue weighted by molar-refractivity contribution is 0.102. The number of hydrogen-bond donors (Lipinski definition) is 2. The minimum atomic E-state index is -0.551. The highest BCUT2D eigenvalue weighted by Gasteiger charge is 2.13. The fourth-order valence-electron chi connectivity index (χ4n) is 1.37. The Morgan fingerprint density at radius 3 is 2.89 bits per heavy atom. The van der Waals surface area contributed by atoms with E-state index in [1.165, 1.54) is 24.4 Å². The van der Waals surface area contributed by atoms with Crippen molar-refractivity contribution in [3.8, 4) is 0 Å². The number of rotatable bonds is 2. The van der Waals surface area contributed by atoms with Crippen LogP contribution in [0.15, 0.2) is 41.0 Å². The van der Waals surface area contributed by atoms with E-state index < -0.39 is 11.7 Å². The van der Waals surface area contributed by atoms with Crippen LogP contribution < -0.4 is 11.1 Å². The van der Waals surface area contributed by atoms with E-state index in [1.807, 2.05) is 0 Å². The maximum atomic E-state index is 13.4. The predicted octanol–water partition coefficient (Wildman–Crippen LogP) is 2.82. The van der Waals surface area contributed by atoms with E-state index in [-0.39, 0.29) is 11.4 Å². The molecule has 6 heteroatoms. The maximum absolute atomic E-state index is 13.4. The molecule has 1 amide bonds. The number of nitrogens with one attached hydrogen (secondary N) is 1. The summed E-state index contributed by atoms with van der Waals surface area (Å²) < 4.78 is 14.0. The van der Waals surface area contributed by atoms with Gasteiger partial charge in [0.15, 0.2) is 0 Å². The summed E-state index contributed by atoms with van der Waals surface area (Å²) in [6, 6.07) is 7.32. The average molecular weight is 310 g/mol. The average Bonchev–Trinajstić information content (AvgIpc) is 2.34. The van der Waals surface area contributed by atoms with Crippen LogP contribution >= 0.6 is 15.9 Å². The number of carbonyl (C=O) groups is 1. The third-order valence-electron chi connectivity index (χ3n) is 2.21. The Morgan fingerprint density at radius 2 is 2.17 bits per heavy atom. The van der Waals surface area contributed by atoms with Gasteiger partial charge in [-0.3, -0.25) is 4.79 Å². The van der Waals surface area contributed by atoms with Gasteiger partial charge in [0.05, 0.1) is 5.69 Å². The summed E-state index contributed by atoms with van der Waals surface area (Å²) in [6.45, 7) is 0. The Morgan fingerprint density at radius 1 is 1.39 bits per heavy atom. The molecule has 0 radical (unpaired) electrons. The van der Waals surface area contributed by atoms with Gasteiger partial charge in [0.1, 0.15) is 11.5 Å². The topological polar surface area (TPSA) is 68.0 Å². The zero-order valence-electron chi connectivity index (χ0n) is 9.15. The maximum Gasteiger partial charge on any atom is 0.275 e. The minimum absolute atomic E-state index is 0.0255. The number of nitrogen functional groups attached to an aromatic ring is 1. The Bertz CT molecular complexity index is 604. The van der Waals surface area contributed by atoms with Crippen LogP contribution in [-0.2, 0) is 0 Å². The largest absolute Gasteiger partial charge is 0.399 e. The summed E-state index contributed by atoms with van der Waals surface area (Å²) in [5.41, 5.74) is 6.10. The lowest BCUT2D eigenvalue weighted by Crippen LogP contribution is -2.15. The molecule has 0 spiro atoms. The van der Waals surface area contributed by atoms with Crippen molar-refractivity contribution in [3.63, 3.8) is 0 Å². The molecule has 1 aromatic heterocycles. The molecule has 92 valence electrons. The molecule has 2 aromatic rings. The van der Waals surface area contributed by atoms with Crippen LogP contribution in [0, 0.1) is 5.82 Å². The van der Waals surface area contributed by atoms with Crippen LogP contribution in [-0.4, -0.2) is 10.9 Å². The summed E-state index contributed by atoms with van der Waals surface area (Å²) in [6.07, 6.45) is 1.48. The number of benzene rings is 1. The zero-order chi connectivity index (χ0) is 13.1. The van der Waals surface area contributed by atoms with Gasteiger partial charge in [0, 0.05) is 16.4 Å². The van der Waals surface area contributed by atoms with Crippen LogP contribution in [0.5, 0.6) is 0 Å². The number of anilines is 2. The molecule has 0 aliphatic carbocycles. The number of aromatic nitrogens is 1. The van der Waals surface area contributed by atoms with Gasteiger partial charge in [-0.05, 0) is 46.3 Å². The van der Waals surface area contributed by atoms with Crippen LogP contribution in [0.4, 0.5) is 15.8 Å². The van der Waals surface area contributed by atoms with Crippen molar-refractivity contribution in [1.29, 1.82) is 0 Å². The molecule has 0 saturated carbocycles. The van der Waals surface area contributed by atoms with Gasteiger partial charge in [0.2, 0.25) is 0 Å². The molecule has 2 rings (SSSR count). The first-order valence-electron chi connectivity index (χ1n) is 5.05. The second-order valence-corrected chi connectivity index (χ2v) is 4.38. The van der Waals surface area contributed by atoms with E-state index in [0.717, 1.165) is 0 Å². The van der Waals surface area contributed by atoms with E-state index in [4.69, 9.17) is 5.73 Å². The Labute approximate surface area is 111 Å². The fourth-order valence-corrected chi connectivity index (χ4v) is 1.81. The third-order valence-corrected chi connectivity index (χ3v) is 2.85. The number of carbonyl (C=O) groups excluding carboxylic acids is 1. The molecule has 0 bridgehead atoms. The van der Waals surface area contributed by atoms with Gasteiger partial charge >= 0.3 is 0 Å². The number of amides is 1. The highest BCUT2D eigenvalue weighted by atomic mass is 79.9. The number of halogens is 2. The molecule has 0 saturated heterocycles. The van der Waals surface area contributed by atoms with Crippen molar-refractivity contribution in [2.24, 2.45) is 0 Å². The van der Waals surface area contributed by atoms with Crippen molar-refractivity contribution >= 4 is 33.2 Å². The highest BCUT2D eigenvalue weighted by Crippen LogP contribution is 2.20. The molecular weight excluding hydrogens is 301 g/mol. The number of hydrogen-bond acceptors (Lipinski definition) is 3. The molecule has 0 unspecified atom stereocenters. The monoisotopic (exact) mass is 309 g/mol. The van der Waals surface area contributed by atoms with E-state index in [1.54, 1.807) is 12.1 Å². The molecule has 0 atom stereocenters. The third kappa shape index (κ3) is 2.65. The first-order valence-corrected chi connectivity index (χ1v) is 5.84. The highest BCUT2D eigenvalue weighted by molar-refractivity contribution is 9.10. The summed E-state index contributed by atoms with van der Waals surface area (Å²) in [5, 5.41) is 2.42. The Balaban J connectivity index is 2.27. The molecule has 18 heavy (non-hydrogen) atoms. The molecule has 3 N–H and O–H groups in total. The van der Waals surface area contributed by atoms with Crippen LogP contribution in [0.1, 0.15) is 10.5 Å². The van der Waals surface area contributed by atoms with Crippen LogP contribution in [0.2, 0.25) is 0 Å². The lowest BCUT2D eigenvalue weighted by Gasteiger charge is -2.07. The van der Waals surface area contributed by atoms with Crippen molar-refractivity contribution in [2.45, 2.75) is 0 Å². The second-order valence-electron chi connectivity index (χ2n) is 3.53. The fraction of sp³-hybridized carbons (Fsp3) is 0. The van der Waals surface area contributed by atoms with Gasteiger partial charge in [-0.2, -0.15) is 0 Å². The number of nitrogens with two attached hydrogens (primary N) is 1. The van der Waals surface area contributed by atoms with Crippen molar-refractivity contribution < 1.29 is 9.18 Å². The lowest BCUT2D eigenvalue weighted by atomic mass is 10.2. The zero-order valence-corrected chi connectivity index (χ0v) is 10.7. The Hall–Kier alpha value is -1.95. The smallest absolute Gasteiger partial charge is 0.275 e. The van der Waals surface area contributed by atoms with E-state index in [0.29, 0.717) is 10.2 Å². The molecule has 0 fully saturated rings. The first-order chi connectivity index (χ1) is 8.58. The van der Waals surface area contributed by atoms with Gasteiger partial charge in [0.25, 0.3) is 5.91 Å². The van der Waals surface area contributed by atoms with Crippen molar-refractivity contribution in [3.05, 3.63) is 52.5 Å². The summed E-state index contributed by atoms with van der Waals surface area (Å²) in [7, 11) is 0. The van der Waals surface area contributed by atoms with Crippen LogP contribution in [0.3, 0.4) is 0 Å². The molecule has 1 heterocycles. The summed E-state index contributed by atoms with van der Waals surface area (Å²) >= 11 is 3.20. The van der Waals surface area contributed by atoms with Gasteiger partial charge in [-0.1, -0.05) is 0 Å². The van der Waals surface area contributed by atoms with Crippen molar-refractivity contribution in [1.82, 2.24) is 4.98 Å². The van der Waals surface area contributed by atoms with Crippen LogP contribution in [0.25, 0.3) is 0 Å². The molecular formula is C12H9BrFN3O. The number of pyridine rings is 1. The predicted molar refractivity (Wildman–Crippen MR) is 70.7 cm³/mol. The molecule has 0 aliphatic heterocycles. The number of nitrogens with zero attached hydrogens (tertiary/aromatic N) is 1. The summed E-state index contributed by atoms with van der Waals surface area (Å²) in [5.74, 6) is -1.06. The molecule has 0 aliphatic rings. The van der Waals surface area contributed by atoms with Gasteiger partial charge in [-0.15, -0.1) is 0 Å². The van der Waals surface area contributed by atoms with Gasteiger partial charge < -0.3 is 11.1 Å². The Kier molecular flexibility index (Phi) is 3.57. The normalized spacial score (nSPS) is 10.1.